The average molecular weight is 318 g/mol. The molecule has 2 aromatic rings. The molecule has 1 N–H and O–H groups in total. The molecule has 2 aromatic carbocycles. The van der Waals surface area contributed by atoms with Crippen molar-refractivity contribution >= 4 is 17.7 Å². The highest BCUT2D eigenvalue weighted by Crippen LogP contribution is 2.42. The SMILES string of the molecule is O=C(NC1c2ccccc2Oc2ccccc21)OCCCCl. The summed E-state index contributed by atoms with van der Waals surface area (Å²) in [7, 11) is 0. The van der Waals surface area contributed by atoms with Crippen molar-refractivity contribution in [1.82, 2.24) is 5.32 Å². The highest BCUT2D eigenvalue weighted by molar-refractivity contribution is 6.17. The second kappa shape index (κ2) is 6.71. The van der Waals surface area contributed by atoms with Crippen molar-refractivity contribution in [3.05, 3.63) is 59.7 Å². The standard InChI is InChI=1S/C17H16ClNO3/c18-10-5-11-21-17(20)19-16-12-6-1-3-8-14(12)22-15-9-4-2-7-13(15)16/h1-4,6-9,16H,5,10-11H2,(H,19,20). The van der Waals surface area contributed by atoms with Gasteiger partial charge >= 0.3 is 6.09 Å². The smallest absolute Gasteiger partial charge is 0.407 e. The van der Waals surface area contributed by atoms with E-state index in [1.807, 2.05) is 48.5 Å². The number of fused-ring (bicyclic) bond motifs is 2. The van der Waals surface area contributed by atoms with Crippen LogP contribution in [0, 0.1) is 0 Å². The minimum Gasteiger partial charge on any atom is -0.457 e. The maximum Gasteiger partial charge on any atom is 0.407 e. The Kier molecular flexibility index (Phi) is 4.49. The third-order valence-corrected chi connectivity index (χ3v) is 3.72. The fraction of sp³-hybridized carbons (Fsp3) is 0.235. The van der Waals surface area contributed by atoms with Crippen LogP contribution in [0.5, 0.6) is 11.5 Å². The van der Waals surface area contributed by atoms with Crippen LogP contribution >= 0.6 is 11.6 Å². The van der Waals surface area contributed by atoms with Crippen LogP contribution < -0.4 is 10.1 Å². The van der Waals surface area contributed by atoms with E-state index in [1.54, 1.807) is 0 Å². The van der Waals surface area contributed by atoms with Crippen molar-refractivity contribution in [1.29, 1.82) is 0 Å². The Bertz CT molecular complexity index is 629. The van der Waals surface area contributed by atoms with E-state index in [-0.39, 0.29) is 6.04 Å². The number of alkyl halides is 1. The molecule has 0 radical (unpaired) electrons. The molecule has 0 saturated carbocycles. The summed E-state index contributed by atoms with van der Waals surface area (Å²) in [4.78, 5) is 12.0. The number of alkyl carbamates (subject to hydrolysis) is 1. The molecule has 1 heterocycles. The van der Waals surface area contributed by atoms with Gasteiger partial charge in [-0.1, -0.05) is 36.4 Å². The summed E-state index contributed by atoms with van der Waals surface area (Å²) >= 11 is 5.58. The highest BCUT2D eigenvalue weighted by Gasteiger charge is 2.28. The number of hydrogen-bond acceptors (Lipinski definition) is 3. The molecule has 0 bridgehead atoms. The van der Waals surface area contributed by atoms with Gasteiger partial charge in [-0.2, -0.15) is 0 Å². The Morgan fingerprint density at radius 1 is 1.09 bits per heavy atom. The number of amides is 1. The first-order valence-electron chi connectivity index (χ1n) is 7.14. The zero-order valence-corrected chi connectivity index (χ0v) is 12.7. The first-order valence-corrected chi connectivity index (χ1v) is 7.68. The predicted octanol–water partition coefficient (Wildman–Crippen LogP) is 4.24. The first kappa shape index (κ1) is 14.7. The second-order valence-electron chi connectivity index (χ2n) is 4.93. The Labute approximate surface area is 134 Å². The van der Waals surface area contributed by atoms with Gasteiger partial charge in [0.25, 0.3) is 0 Å². The number of carbonyl (C=O) groups excluding carboxylic acids is 1. The van der Waals surface area contributed by atoms with Crippen LogP contribution in [0.2, 0.25) is 0 Å². The zero-order chi connectivity index (χ0) is 15.4. The number of nitrogens with one attached hydrogen (secondary N) is 1. The van der Waals surface area contributed by atoms with Gasteiger partial charge in [-0.05, 0) is 18.6 Å². The van der Waals surface area contributed by atoms with E-state index in [0.717, 1.165) is 22.6 Å². The summed E-state index contributed by atoms with van der Waals surface area (Å²) in [5.74, 6) is 1.95. The Balaban J connectivity index is 1.85. The van der Waals surface area contributed by atoms with Gasteiger partial charge in [0.15, 0.2) is 0 Å². The van der Waals surface area contributed by atoms with Crippen molar-refractivity contribution in [2.24, 2.45) is 0 Å². The van der Waals surface area contributed by atoms with Crippen LogP contribution in [-0.2, 0) is 4.74 Å². The Hall–Kier alpha value is -2.20. The van der Waals surface area contributed by atoms with Gasteiger partial charge in [-0.15, -0.1) is 11.6 Å². The van der Waals surface area contributed by atoms with Crippen molar-refractivity contribution in [3.8, 4) is 11.5 Å². The zero-order valence-electron chi connectivity index (χ0n) is 11.9. The summed E-state index contributed by atoms with van der Waals surface area (Å²) < 4.78 is 11.0. The average Bonchev–Trinajstić information content (AvgIpc) is 2.55. The maximum atomic E-state index is 12.0. The molecule has 0 aromatic heterocycles. The summed E-state index contributed by atoms with van der Waals surface area (Å²) in [5.41, 5.74) is 1.82. The van der Waals surface area contributed by atoms with Gasteiger partial charge in [0.05, 0.1) is 12.6 Å². The minimum atomic E-state index is -0.457. The van der Waals surface area contributed by atoms with Crippen molar-refractivity contribution in [2.45, 2.75) is 12.5 Å². The maximum absolute atomic E-state index is 12.0. The van der Waals surface area contributed by atoms with Gasteiger partial charge < -0.3 is 14.8 Å². The highest BCUT2D eigenvalue weighted by atomic mass is 35.5. The van der Waals surface area contributed by atoms with Gasteiger partial charge in [0.1, 0.15) is 11.5 Å². The minimum absolute atomic E-state index is 0.287. The third-order valence-electron chi connectivity index (χ3n) is 3.45. The predicted molar refractivity (Wildman–Crippen MR) is 84.6 cm³/mol. The number of para-hydroxylation sites is 2. The molecule has 22 heavy (non-hydrogen) atoms. The molecular weight excluding hydrogens is 302 g/mol. The van der Waals surface area contributed by atoms with Gasteiger partial charge in [-0.3, -0.25) is 0 Å². The van der Waals surface area contributed by atoms with E-state index in [4.69, 9.17) is 21.1 Å². The van der Waals surface area contributed by atoms with Crippen LogP contribution in [0.4, 0.5) is 4.79 Å². The third kappa shape index (κ3) is 3.02. The lowest BCUT2D eigenvalue weighted by Crippen LogP contribution is -2.32. The lowest BCUT2D eigenvalue weighted by molar-refractivity contribution is 0.143. The van der Waals surface area contributed by atoms with E-state index in [9.17, 15) is 4.79 Å². The van der Waals surface area contributed by atoms with Crippen LogP contribution in [-0.4, -0.2) is 18.6 Å². The summed E-state index contributed by atoms with van der Waals surface area (Å²) in [6.45, 7) is 0.307. The molecule has 1 aliphatic heterocycles. The molecule has 0 aliphatic carbocycles. The number of hydrogen-bond donors (Lipinski definition) is 1. The van der Waals surface area contributed by atoms with Crippen molar-refractivity contribution in [3.63, 3.8) is 0 Å². The van der Waals surface area contributed by atoms with E-state index < -0.39 is 6.09 Å². The molecule has 4 nitrogen and oxygen atoms in total. The summed E-state index contributed by atoms with van der Waals surface area (Å²) in [6.07, 6.45) is 0.178. The van der Waals surface area contributed by atoms with Crippen LogP contribution in [0.1, 0.15) is 23.6 Å². The fourth-order valence-electron chi connectivity index (χ4n) is 2.44. The van der Waals surface area contributed by atoms with Crippen molar-refractivity contribution < 1.29 is 14.3 Å². The summed E-state index contributed by atoms with van der Waals surface area (Å²) in [6, 6.07) is 15.0. The molecule has 5 heteroatoms. The van der Waals surface area contributed by atoms with Crippen LogP contribution in [0.3, 0.4) is 0 Å². The van der Waals surface area contributed by atoms with E-state index >= 15 is 0 Å². The van der Waals surface area contributed by atoms with Gasteiger partial charge in [0, 0.05) is 17.0 Å². The van der Waals surface area contributed by atoms with Gasteiger partial charge in [0.2, 0.25) is 0 Å². The lowest BCUT2D eigenvalue weighted by Gasteiger charge is -2.28. The Morgan fingerprint density at radius 2 is 1.68 bits per heavy atom. The van der Waals surface area contributed by atoms with Crippen LogP contribution in [0.15, 0.2) is 48.5 Å². The largest absolute Gasteiger partial charge is 0.457 e. The quantitative estimate of drug-likeness (QED) is 0.678. The molecule has 0 spiro atoms. The second-order valence-corrected chi connectivity index (χ2v) is 5.31. The normalized spacial score (nSPS) is 12.8. The number of carbonyl (C=O) groups is 1. The monoisotopic (exact) mass is 317 g/mol. The van der Waals surface area contributed by atoms with Crippen LogP contribution in [0.25, 0.3) is 0 Å². The van der Waals surface area contributed by atoms with E-state index in [1.165, 1.54) is 0 Å². The number of benzene rings is 2. The molecule has 114 valence electrons. The number of halogens is 1. The lowest BCUT2D eigenvalue weighted by atomic mass is 9.95. The molecule has 0 saturated heterocycles. The molecule has 0 atom stereocenters. The van der Waals surface area contributed by atoms with Gasteiger partial charge in [-0.25, -0.2) is 4.79 Å². The Morgan fingerprint density at radius 3 is 2.27 bits per heavy atom. The topological polar surface area (TPSA) is 47.6 Å². The number of ether oxygens (including phenoxy) is 2. The molecule has 1 aliphatic rings. The van der Waals surface area contributed by atoms with Crippen molar-refractivity contribution in [2.75, 3.05) is 12.5 Å². The fourth-order valence-corrected chi connectivity index (χ4v) is 2.55. The molecule has 0 unspecified atom stereocenters. The summed E-state index contributed by atoms with van der Waals surface area (Å²) in [5, 5.41) is 2.91. The molecular formula is C17H16ClNO3. The number of rotatable bonds is 4. The molecule has 1 amide bonds. The van der Waals surface area contributed by atoms with E-state index in [0.29, 0.717) is 18.9 Å². The molecule has 0 fully saturated rings. The molecule has 3 rings (SSSR count). The van der Waals surface area contributed by atoms with E-state index in [2.05, 4.69) is 5.32 Å². The first-order chi connectivity index (χ1) is 10.8.